The van der Waals surface area contributed by atoms with Gasteiger partial charge >= 0.3 is 0 Å². The second kappa shape index (κ2) is 8.70. The maximum atomic E-state index is 13.6. The third-order valence-corrected chi connectivity index (χ3v) is 6.03. The Morgan fingerprint density at radius 2 is 1.88 bits per heavy atom. The van der Waals surface area contributed by atoms with Crippen LogP contribution in [0.4, 0.5) is 0 Å². The van der Waals surface area contributed by atoms with Crippen LogP contribution in [-0.4, -0.2) is 5.78 Å². The molecular weight excluding hydrogens is 320 g/mol. The maximum Gasteiger partial charge on any atom is 0.172 e. The van der Waals surface area contributed by atoms with E-state index in [4.69, 9.17) is 4.74 Å². The zero-order chi connectivity index (χ0) is 18.4. The molecule has 0 saturated heterocycles. The summed E-state index contributed by atoms with van der Waals surface area (Å²) in [6.45, 7) is 6.10. The number of rotatable bonds is 8. The molecule has 0 bridgehead atoms. The number of allylic oxidation sites excluding steroid dienone is 3. The molecule has 1 spiro atoms. The van der Waals surface area contributed by atoms with Gasteiger partial charge in [-0.05, 0) is 31.2 Å². The first-order chi connectivity index (χ1) is 12.7. The number of unbranched alkanes of at least 4 members (excludes halogenated alkanes) is 3. The molecule has 1 atom stereocenters. The zero-order valence-electron chi connectivity index (χ0n) is 16.1. The highest BCUT2D eigenvalue weighted by molar-refractivity contribution is 6.02. The number of Topliss-reactive ketones (excluding diaryl/α,β-unsaturated/α-hetero) is 1. The van der Waals surface area contributed by atoms with E-state index >= 15 is 0 Å². The van der Waals surface area contributed by atoms with E-state index in [0.717, 1.165) is 55.4 Å². The van der Waals surface area contributed by atoms with E-state index in [1.165, 1.54) is 19.3 Å². The van der Waals surface area contributed by atoms with Gasteiger partial charge in [0, 0.05) is 12.0 Å². The monoisotopic (exact) mass is 352 g/mol. The van der Waals surface area contributed by atoms with Gasteiger partial charge < -0.3 is 4.74 Å². The van der Waals surface area contributed by atoms with E-state index in [-0.39, 0.29) is 11.5 Å². The van der Waals surface area contributed by atoms with Crippen molar-refractivity contribution >= 4 is 5.78 Å². The van der Waals surface area contributed by atoms with Crippen LogP contribution in [-0.2, 0) is 9.53 Å². The minimum Gasteiger partial charge on any atom is -0.489 e. The smallest absolute Gasteiger partial charge is 0.172 e. The molecule has 1 aliphatic heterocycles. The Hall–Kier alpha value is -1.83. The summed E-state index contributed by atoms with van der Waals surface area (Å²) in [5.41, 5.74) is 1.67. The van der Waals surface area contributed by atoms with Gasteiger partial charge in [-0.3, -0.25) is 4.79 Å². The Labute approximate surface area is 158 Å². The van der Waals surface area contributed by atoms with Crippen molar-refractivity contribution in [2.45, 2.75) is 77.2 Å². The molecule has 26 heavy (non-hydrogen) atoms. The van der Waals surface area contributed by atoms with Gasteiger partial charge in [0.25, 0.3) is 0 Å². The fraction of sp³-hybridized carbons (Fsp3) is 0.542. The van der Waals surface area contributed by atoms with Crippen LogP contribution in [0, 0.1) is 5.41 Å². The highest BCUT2D eigenvalue weighted by atomic mass is 16.5. The van der Waals surface area contributed by atoms with Crippen molar-refractivity contribution < 1.29 is 9.53 Å². The molecule has 3 rings (SSSR count). The largest absolute Gasteiger partial charge is 0.489 e. The van der Waals surface area contributed by atoms with Crippen molar-refractivity contribution in [3.8, 4) is 0 Å². The van der Waals surface area contributed by atoms with Gasteiger partial charge in [0.05, 0.1) is 5.41 Å². The number of ether oxygens (including phenoxy) is 1. The lowest BCUT2D eigenvalue weighted by Gasteiger charge is -2.42. The molecule has 1 saturated carbocycles. The predicted octanol–water partition coefficient (Wildman–Crippen LogP) is 6.69. The molecule has 1 heterocycles. The summed E-state index contributed by atoms with van der Waals surface area (Å²) in [6, 6.07) is 10.4. The quantitative estimate of drug-likeness (QED) is 0.385. The topological polar surface area (TPSA) is 26.3 Å². The van der Waals surface area contributed by atoms with Crippen LogP contribution in [0.5, 0.6) is 0 Å². The maximum absolute atomic E-state index is 13.6. The molecule has 0 N–H and O–H groups in total. The van der Waals surface area contributed by atoms with Gasteiger partial charge in [0.2, 0.25) is 0 Å². The Balaban J connectivity index is 1.95. The summed E-state index contributed by atoms with van der Waals surface area (Å²) in [5.74, 6) is 1.26. The minimum absolute atomic E-state index is 0.131. The molecule has 2 nitrogen and oxygen atoms in total. The normalized spacial score (nSPS) is 21.9. The molecule has 1 fully saturated rings. The third-order valence-electron chi connectivity index (χ3n) is 6.03. The Morgan fingerprint density at radius 3 is 2.54 bits per heavy atom. The van der Waals surface area contributed by atoms with Crippen molar-refractivity contribution in [1.82, 2.24) is 0 Å². The first kappa shape index (κ1) is 18.9. The molecule has 2 heteroatoms. The number of benzene rings is 1. The molecule has 1 aliphatic carbocycles. The summed E-state index contributed by atoms with van der Waals surface area (Å²) in [6.07, 6.45) is 12.1. The van der Waals surface area contributed by atoms with Crippen molar-refractivity contribution in [3.63, 3.8) is 0 Å². The zero-order valence-corrected chi connectivity index (χ0v) is 16.1. The number of ketones is 1. The standard InChI is InChI=1S/C24H32O2/c1-3-5-6-10-16-21-20(13-4-2)22(25)24(17-11-12-18-24)23(26-21)19-14-8-7-9-15-19/h4,7-9,14-15,23H,2-3,5-6,10-13,16-18H2,1H3. The fourth-order valence-electron chi connectivity index (χ4n) is 4.66. The Kier molecular flexibility index (Phi) is 6.34. The average Bonchev–Trinajstić information content (AvgIpc) is 3.16. The van der Waals surface area contributed by atoms with E-state index in [1.54, 1.807) is 0 Å². The molecule has 140 valence electrons. The highest BCUT2D eigenvalue weighted by Gasteiger charge is 2.53. The summed E-state index contributed by atoms with van der Waals surface area (Å²) in [4.78, 5) is 13.6. The second-order valence-corrected chi connectivity index (χ2v) is 7.81. The van der Waals surface area contributed by atoms with Crippen molar-refractivity contribution in [2.24, 2.45) is 5.41 Å². The second-order valence-electron chi connectivity index (χ2n) is 7.81. The number of carbonyl (C=O) groups excluding carboxylic acids is 1. The van der Waals surface area contributed by atoms with Gasteiger partial charge in [0.15, 0.2) is 5.78 Å². The Morgan fingerprint density at radius 1 is 1.15 bits per heavy atom. The van der Waals surface area contributed by atoms with E-state index in [0.29, 0.717) is 12.2 Å². The third kappa shape index (κ3) is 3.65. The summed E-state index contributed by atoms with van der Waals surface area (Å²) in [7, 11) is 0. The molecule has 0 aromatic heterocycles. The minimum atomic E-state index is -0.368. The Bertz CT molecular complexity index is 650. The van der Waals surface area contributed by atoms with Crippen LogP contribution in [0.1, 0.15) is 82.8 Å². The van der Waals surface area contributed by atoms with Gasteiger partial charge in [-0.1, -0.05) is 75.4 Å². The molecule has 1 unspecified atom stereocenters. The van der Waals surface area contributed by atoms with Gasteiger partial charge in [0.1, 0.15) is 11.9 Å². The van der Waals surface area contributed by atoms with E-state index in [2.05, 4.69) is 37.8 Å². The first-order valence-electron chi connectivity index (χ1n) is 10.3. The molecule has 1 aromatic rings. The lowest BCUT2D eigenvalue weighted by atomic mass is 9.69. The SMILES string of the molecule is C=CCC1=C(CCCCCC)OC(c2ccccc2)C2(CCCC2)C1=O. The van der Waals surface area contributed by atoms with E-state index in [9.17, 15) is 4.79 Å². The lowest BCUT2D eigenvalue weighted by molar-refractivity contribution is -0.138. The number of carbonyl (C=O) groups is 1. The van der Waals surface area contributed by atoms with Crippen LogP contribution < -0.4 is 0 Å². The van der Waals surface area contributed by atoms with Crippen LogP contribution >= 0.6 is 0 Å². The fourth-order valence-corrected chi connectivity index (χ4v) is 4.66. The van der Waals surface area contributed by atoms with Crippen LogP contribution in [0.15, 0.2) is 54.3 Å². The lowest BCUT2D eigenvalue weighted by Crippen LogP contribution is -2.41. The number of hydrogen-bond donors (Lipinski definition) is 0. The molecule has 0 amide bonds. The van der Waals surface area contributed by atoms with E-state index < -0.39 is 0 Å². The summed E-state index contributed by atoms with van der Waals surface area (Å²) < 4.78 is 6.64. The van der Waals surface area contributed by atoms with Gasteiger partial charge in [-0.15, -0.1) is 6.58 Å². The molecular formula is C24H32O2. The van der Waals surface area contributed by atoms with Crippen LogP contribution in [0.3, 0.4) is 0 Å². The van der Waals surface area contributed by atoms with Crippen molar-refractivity contribution in [3.05, 3.63) is 59.9 Å². The van der Waals surface area contributed by atoms with Crippen molar-refractivity contribution in [2.75, 3.05) is 0 Å². The summed E-state index contributed by atoms with van der Waals surface area (Å²) >= 11 is 0. The van der Waals surface area contributed by atoms with Gasteiger partial charge in [-0.2, -0.15) is 0 Å². The molecule has 0 radical (unpaired) electrons. The predicted molar refractivity (Wildman–Crippen MR) is 107 cm³/mol. The molecule has 1 aromatic carbocycles. The summed E-state index contributed by atoms with van der Waals surface area (Å²) in [5, 5.41) is 0. The van der Waals surface area contributed by atoms with Crippen molar-refractivity contribution in [1.29, 1.82) is 0 Å². The van der Waals surface area contributed by atoms with E-state index in [1.807, 2.05) is 12.1 Å². The van der Waals surface area contributed by atoms with Gasteiger partial charge in [-0.25, -0.2) is 0 Å². The average molecular weight is 353 g/mol. The van der Waals surface area contributed by atoms with Crippen LogP contribution in [0.25, 0.3) is 0 Å². The first-order valence-corrected chi connectivity index (χ1v) is 10.3. The number of hydrogen-bond acceptors (Lipinski definition) is 2. The molecule has 2 aliphatic rings. The highest BCUT2D eigenvalue weighted by Crippen LogP contribution is 2.55. The van der Waals surface area contributed by atoms with Crippen LogP contribution in [0.2, 0.25) is 0 Å².